The summed E-state index contributed by atoms with van der Waals surface area (Å²) in [6.07, 6.45) is 2.75. The van der Waals surface area contributed by atoms with Crippen LogP contribution in [0.25, 0.3) is 0 Å². The largest absolute Gasteiger partial charge is 0.424 e. The maximum absolute atomic E-state index is 5.21. The molecule has 0 bridgehead atoms. The fourth-order valence-corrected chi connectivity index (χ4v) is 2.39. The fraction of sp³-hybridized carbons (Fsp3) is 0.455. The summed E-state index contributed by atoms with van der Waals surface area (Å²) in [4.78, 5) is 0. The Morgan fingerprint density at radius 2 is 1.92 bits per heavy atom. The van der Waals surface area contributed by atoms with Crippen LogP contribution in [0.3, 0.4) is 0 Å². The maximum Gasteiger partial charge on any atom is 0.161 e. The highest BCUT2D eigenvalue weighted by Gasteiger charge is 1.96. The lowest BCUT2D eigenvalue weighted by atomic mass is 10.2. The lowest BCUT2D eigenvalue weighted by Gasteiger charge is -2.07. The van der Waals surface area contributed by atoms with E-state index in [1.807, 2.05) is 18.2 Å². The third-order valence-electron chi connectivity index (χ3n) is 2.02. The van der Waals surface area contributed by atoms with Crippen molar-refractivity contribution in [3.63, 3.8) is 0 Å². The summed E-state index contributed by atoms with van der Waals surface area (Å²) in [5, 5.41) is 0. The van der Waals surface area contributed by atoms with Crippen molar-refractivity contribution in [1.82, 2.24) is 0 Å². The molecule has 0 saturated carbocycles. The zero-order valence-electron chi connectivity index (χ0n) is 8.33. The molecule has 1 nitrogen and oxygen atoms in total. The van der Waals surface area contributed by atoms with Crippen LogP contribution in [-0.4, -0.2) is 16.4 Å². The van der Waals surface area contributed by atoms with E-state index < -0.39 is 0 Å². The predicted molar refractivity (Wildman–Crippen MR) is 59.7 cm³/mol. The van der Waals surface area contributed by atoms with Crippen LogP contribution in [0.4, 0.5) is 0 Å². The standard InChI is InChI=1S/C7H8.C4H10OSi/c1-7-5-3-2-4-6-7;1-2-4-6-5-3-1/h2-6H,1H3;1-4,6H2. The Bertz CT molecular complexity index is 195. The van der Waals surface area contributed by atoms with Crippen LogP contribution in [0.2, 0.25) is 6.04 Å². The summed E-state index contributed by atoms with van der Waals surface area (Å²) in [6.45, 7) is 3.15. The highest BCUT2D eigenvalue weighted by molar-refractivity contribution is 6.27. The van der Waals surface area contributed by atoms with E-state index in [1.54, 1.807) is 0 Å². The van der Waals surface area contributed by atoms with Gasteiger partial charge in [-0.25, -0.2) is 0 Å². The molecule has 1 aromatic carbocycles. The van der Waals surface area contributed by atoms with Gasteiger partial charge in [0.15, 0.2) is 9.76 Å². The third kappa shape index (κ3) is 5.61. The van der Waals surface area contributed by atoms with E-state index in [1.165, 1.54) is 24.4 Å². The minimum Gasteiger partial charge on any atom is -0.424 e. The second kappa shape index (κ2) is 6.86. The molecule has 2 heteroatoms. The SMILES string of the molecule is C1CC[SiH2]OC1.Cc1ccccc1. The predicted octanol–water partition coefficient (Wildman–Crippen LogP) is 2.29. The summed E-state index contributed by atoms with van der Waals surface area (Å²) >= 11 is 0. The summed E-state index contributed by atoms with van der Waals surface area (Å²) < 4.78 is 5.21. The van der Waals surface area contributed by atoms with E-state index in [4.69, 9.17) is 4.43 Å². The smallest absolute Gasteiger partial charge is 0.161 e. The Balaban J connectivity index is 0.000000132. The lowest BCUT2D eigenvalue weighted by molar-refractivity contribution is 0.304. The van der Waals surface area contributed by atoms with Crippen molar-refractivity contribution in [1.29, 1.82) is 0 Å². The Kier molecular flexibility index (Phi) is 5.53. The first kappa shape index (κ1) is 10.5. The first-order chi connectivity index (χ1) is 6.39. The van der Waals surface area contributed by atoms with Gasteiger partial charge < -0.3 is 4.43 Å². The van der Waals surface area contributed by atoms with E-state index >= 15 is 0 Å². The van der Waals surface area contributed by atoms with Crippen LogP contribution < -0.4 is 0 Å². The highest BCUT2D eigenvalue weighted by atomic mass is 28.2. The molecule has 0 amide bonds. The van der Waals surface area contributed by atoms with Crippen LogP contribution in [-0.2, 0) is 4.43 Å². The van der Waals surface area contributed by atoms with Gasteiger partial charge in [-0.15, -0.1) is 0 Å². The molecule has 1 saturated heterocycles. The van der Waals surface area contributed by atoms with Crippen LogP contribution in [0.15, 0.2) is 30.3 Å². The van der Waals surface area contributed by atoms with Gasteiger partial charge in [-0.3, -0.25) is 0 Å². The van der Waals surface area contributed by atoms with Crippen LogP contribution in [0.1, 0.15) is 18.4 Å². The molecule has 0 N–H and O–H groups in total. The average Bonchev–Trinajstić information content (AvgIpc) is 2.22. The number of aryl methyl sites for hydroxylation is 1. The van der Waals surface area contributed by atoms with Crippen molar-refractivity contribution in [3.05, 3.63) is 35.9 Å². The first-order valence-electron chi connectivity index (χ1n) is 4.99. The molecule has 1 heterocycles. The monoisotopic (exact) mass is 194 g/mol. The summed E-state index contributed by atoms with van der Waals surface area (Å²) in [5.41, 5.74) is 1.32. The molecule has 0 aromatic heterocycles. The molecule has 13 heavy (non-hydrogen) atoms. The van der Waals surface area contributed by atoms with E-state index in [9.17, 15) is 0 Å². The molecule has 72 valence electrons. The number of hydrogen-bond acceptors (Lipinski definition) is 1. The zero-order valence-corrected chi connectivity index (χ0v) is 9.74. The Morgan fingerprint density at radius 1 is 1.15 bits per heavy atom. The zero-order chi connectivity index (χ0) is 9.36. The third-order valence-corrected chi connectivity index (χ3v) is 3.38. The lowest BCUT2D eigenvalue weighted by Crippen LogP contribution is -2.06. The fourth-order valence-electron chi connectivity index (χ4n) is 1.22. The molecule has 0 spiro atoms. The molecule has 0 unspecified atom stereocenters. The molecular formula is C11H18OSi. The van der Waals surface area contributed by atoms with Gasteiger partial charge in [-0.1, -0.05) is 42.3 Å². The second-order valence-corrected chi connectivity index (χ2v) is 4.85. The molecular weight excluding hydrogens is 176 g/mol. The van der Waals surface area contributed by atoms with Crippen molar-refractivity contribution >= 4 is 9.76 Å². The van der Waals surface area contributed by atoms with Gasteiger partial charge in [0.05, 0.1) is 0 Å². The van der Waals surface area contributed by atoms with Gasteiger partial charge in [0.25, 0.3) is 0 Å². The highest BCUT2D eigenvalue weighted by Crippen LogP contribution is 2.01. The molecule has 1 aliphatic heterocycles. The van der Waals surface area contributed by atoms with Gasteiger partial charge >= 0.3 is 0 Å². The van der Waals surface area contributed by atoms with Gasteiger partial charge in [-0.2, -0.15) is 0 Å². The van der Waals surface area contributed by atoms with Crippen molar-refractivity contribution in [3.8, 4) is 0 Å². The average molecular weight is 194 g/mol. The summed E-state index contributed by atoms with van der Waals surface area (Å²) in [5.74, 6) is 0. The Labute approximate surface area is 83.1 Å². The molecule has 1 aliphatic rings. The first-order valence-corrected chi connectivity index (χ1v) is 6.57. The minimum atomic E-state index is 0.00849. The molecule has 2 rings (SSSR count). The quantitative estimate of drug-likeness (QED) is 0.576. The topological polar surface area (TPSA) is 9.23 Å². The van der Waals surface area contributed by atoms with Crippen molar-refractivity contribution in [2.75, 3.05) is 6.61 Å². The van der Waals surface area contributed by atoms with Crippen molar-refractivity contribution in [2.24, 2.45) is 0 Å². The van der Waals surface area contributed by atoms with Crippen LogP contribution in [0.5, 0.6) is 0 Å². The van der Waals surface area contributed by atoms with E-state index in [2.05, 4.69) is 19.1 Å². The molecule has 0 aliphatic carbocycles. The minimum absolute atomic E-state index is 0.00849. The van der Waals surface area contributed by atoms with E-state index in [0.717, 1.165) is 6.61 Å². The number of rotatable bonds is 0. The van der Waals surface area contributed by atoms with Gasteiger partial charge in [-0.05, 0) is 19.4 Å². The van der Waals surface area contributed by atoms with E-state index in [-0.39, 0.29) is 9.76 Å². The van der Waals surface area contributed by atoms with Gasteiger partial charge in [0.1, 0.15) is 0 Å². The normalized spacial score (nSPS) is 17.6. The molecule has 0 atom stereocenters. The van der Waals surface area contributed by atoms with Crippen molar-refractivity contribution in [2.45, 2.75) is 25.8 Å². The summed E-state index contributed by atoms with van der Waals surface area (Å²) in [6, 6.07) is 11.7. The Hall–Kier alpha value is -0.603. The van der Waals surface area contributed by atoms with Crippen LogP contribution >= 0.6 is 0 Å². The Morgan fingerprint density at radius 3 is 2.15 bits per heavy atom. The maximum atomic E-state index is 5.21. The van der Waals surface area contributed by atoms with E-state index in [0.29, 0.717) is 0 Å². The van der Waals surface area contributed by atoms with Crippen molar-refractivity contribution < 1.29 is 4.43 Å². The molecule has 1 fully saturated rings. The second-order valence-electron chi connectivity index (χ2n) is 3.33. The number of benzene rings is 1. The number of hydrogen-bond donors (Lipinski definition) is 0. The van der Waals surface area contributed by atoms with Gasteiger partial charge in [0, 0.05) is 6.61 Å². The summed E-state index contributed by atoms with van der Waals surface area (Å²) in [7, 11) is 0.00849. The van der Waals surface area contributed by atoms with Gasteiger partial charge in [0.2, 0.25) is 0 Å². The molecule has 1 aromatic rings. The molecule has 0 radical (unpaired) electrons. The van der Waals surface area contributed by atoms with Crippen LogP contribution in [0, 0.1) is 6.92 Å².